The van der Waals surface area contributed by atoms with E-state index in [1.54, 1.807) is 11.9 Å². The van der Waals surface area contributed by atoms with E-state index in [9.17, 15) is 10.1 Å². The molecule has 3 rings (SSSR count). The lowest BCUT2D eigenvalue weighted by molar-refractivity contribution is -0.140. The normalized spacial score (nSPS) is 20.5. The smallest absolute Gasteiger partial charge is 0.228 e. The number of likely N-dealkylation sites (N-methyl/N-ethyl adjacent to an activating group) is 1. The van der Waals surface area contributed by atoms with Gasteiger partial charge in [0, 0.05) is 38.2 Å². The average molecular weight is 405 g/mol. The van der Waals surface area contributed by atoms with E-state index in [0.29, 0.717) is 24.3 Å². The van der Waals surface area contributed by atoms with Gasteiger partial charge in [-0.2, -0.15) is 5.26 Å². The molecule has 0 bridgehead atoms. The predicted molar refractivity (Wildman–Crippen MR) is 109 cm³/mol. The molecule has 2 heterocycles. The Balaban J connectivity index is 1.67. The lowest BCUT2D eigenvalue weighted by atomic mass is 9.87. The van der Waals surface area contributed by atoms with E-state index in [2.05, 4.69) is 16.1 Å². The molecule has 1 aromatic rings. The summed E-state index contributed by atoms with van der Waals surface area (Å²) in [7, 11) is 1.77. The first kappa shape index (κ1) is 21.1. The number of amides is 1. The second kappa shape index (κ2) is 8.79. The molecule has 1 amide bonds. The lowest BCUT2D eigenvalue weighted by Gasteiger charge is -2.46. The second-order valence-electron chi connectivity index (χ2n) is 7.81. The van der Waals surface area contributed by atoms with Gasteiger partial charge in [0.15, 0.2) is 0 Å². The van der Waals surface area contributed by atoms with E-state index in [0.717, 1.165) is 56.1 Å². The number of hydrazine groups is 1. The third-order valence-electron chi connectivity index (χ3n) is 6.17. The molecule has 0 unspecified atom stereocenters. The number of rotatable bonds is 4. The fraction of sp³-hybridized carbons (Fsp3) is 0.619. The molecular weight excluding hydrogens is 376 g/mol. The Hall–Kier alpha value is -1.65. The molecule has 0 saturated carbocycles. The van der Waals surface area contributed by atoms with Crippen LogP contribution in [0.2, 0.25) is 5.02 Å². The van der Waals surface area contributed by atoms with Gasteiger partial charge in [-0.1, -0.05) is 11.6 Å². The minimum Gasteiger partial charge on any atom is -0.379 e. The number of ether oxygens (including phenoxy) is 1. The first-order valence-electron chi connectivity index (χ1n) is 9.87. The van der Waals surface area contributed by atoms with Crippen LogP contribution in [0.15, 0.2) is 12.1 Å². The second-order valence-corrected chi connectivity index (χ2v) is 8.25. The van der Waals surface area contributed by atoms with E-state index >= 15 is 0 Å². The van der Waals surface area contributed by atoms with Gasteiger partial charge in [-0.3, -0.25) is 4.79 Å². The van der Waals surface area contributed by atoms with Crippen LogP contribution in [-0.4, -0.2) is 72.8 Å². The first-order chi connectivity index (χ1) is 13.4. The van der Waals surface area contributed by atoms with Crippen LogP contribution in [0, 0.1) is 25.2 Å². The molecule has 28 heavy (non-hydrogen) atoms. The van der Waals surface area contributed by atoms with Crippen LogP contribution in [0.4, 0.5) is 0 Å². The summed E-state index contributed by atoms with van der Waals surface area (Å²) in [6.45, 7) is 8.79. The minimum absolute atomic E-state index is 0.0186. The Kier molecular flexibility index (Phi) is 6.61. The fourth-order valence-electron chi connectivity index (χ4n) is 4.23. The highest BCUT2D eigenvalue weighted by Crippen LogP contribution is 2.30. The van der Waals surface area contributed by atoms with Crippen molar-refractivity contribution in [2.45, 2.75) is 38.6 Å². The Morgan fingerprint density at radius 1 is 1.18 bits per heavy atom. The molecule has 0 N–H and O–H groups in total. The molecule has 2 saturated heterocycles. The third-order valence-corrected chi connectivity index (χ3v) is 6.39. The van der Waals surface area contributed by atoms with Crippen LogP contribution >= 0.6 is 11.6 Å². The van der Waals surface area contributed by atoms with Gasteiger partial charge in [-0.05, 0) is 55.5 Å². The number of nitrogens with zero attached hydrogens (tertiary/aromatic N) is 4. The maximum Gasteiger partial charge on any atom is 0.228 e. The largest absolute Gasteiger partial charge is 0.379 e. The highest BCUT2D eigenvalue weighted by molar-refractivity contribution is 6.30. The predicted octanol–water partition coefficient (Wildman–Crippen LogP) is 2.56. The van der Waals surface area contributed by atoms with Crippen molar-refractivity contribution in [2.24, 2.45) is 0 Å². The molecule has 2 aliphatic rings. The van der Waals surface area contributed by atoms with Gasteiger partial charge in [0.25, 0.3) is 0 Å². The number of carbonyl (C=O) groups is 1. The average Bonchev–Trinajstić information content (AvgIpc) is 2.70. The highest BCUT2D eigenvalue weighted by atomic mass is 35.5. The standard InChI is InChI=1S/C21H29ClN4O2/c1-16-12-18(22)13-17(2)19(16)14-20(27)24(3)21(15-23)4-6-25(7-5-21)26-8-10-28-11-9-26/h12-13H,4-11,14H2,1-3H3. The number of morpholine rings is 1. The van der Waals surface area contributed by atoms with E-state index < -0.39 is 5.54 Å². The number of nitriles is 1. The summed E-state index contributed by atoms with van der Waals surface area (Å²) in [6.07, 6.45) is 1.60. The molecule has 2 fully saturated rings. The van der Waals surface area contributed by atoms with Gasteiger partial charge in [-0.25, -0.2) is 10.0 Å². The van der Waals surface area contributed by atoms with Crippen LogP contribution in [0.5, 0.6) is 0 Å². The Bertz CT molecular complexity index is 739. The van der Waals surface area contributed by atoms with Gasteiger partial charge in [0.2, 0.25) is 5.91 Å². The van der Waals surface area contributed by atoms with Crippen molar-refractivity contribution < 1.29 is 9.53 Å². The monoisotopic (exact) mass is 404 g/mol. The molecule has 0 spiro atoms. The van der Waals surface area contributed by atoms with Crippen molar-refractivity contribution in [1.29, 1.82) is 5.26 Å². The van der Waals surface area contributed by atoms with E-state index in [1.165, 1.54) is 0 Å². The first-order valence-corrected chi connectivity index (χ1v) is 10.3. The van der Waals surface area contributed by atoms with Gasteiger partial charge in [0.1, 0.15) is 5.54 Å². The zero-order valence-corrected chi connectivity index (χ0v) is 17.8. The topological polar surface area (TPSA) is 59.8 Å². The van der Waals surface area contributed by atoms with Crippen molar-refractivity contribution in [3.63, 3.8) is 0 Å². The molecule has 0 aromatic heterocycles. The zero-order valence-electron chi connectivity index (χ0n) is 17.0. The molecule has 0 radical (unpaired) electrons. The molecule has 152 valence electrons. The summed E-state index contributed by atoms with van der Waals surface area (Å²) < 4.78 is 5.42. The molecule has 0 atom stereocenters. The summed E-state index contributed by atoms with van der Waals surface area (Å²) in [4.78, 5) is 14.7. The van der Waals surface area contributed by atoms with Crippen LogP contribution in [0.25, 0.3) is 0 Å². The minimum atomic E-state index is -0.742. The van der Waals surface area contributed by atoms with Crippen LogP contribution in [0.3, 0.4) is 0 Å². The fourth-order valence-corrected chi connectivity index (χ4v) is 4.56. The van der Waals surface area contributed by atoms with Crippen molar-refractivity contribution in [3.8, 4) is 6.07 Å². The summed E-state index contributed by atoms with van der Waals surface area (Å²) in [6, 6.07) is 6.23. The molecule has 2 aliphatic heterocycles. The number of halogens is 1. The van der Waals surface area contributed by atoms with Crippen molar-refractivity contribution in [2.75, 3.05) is 46.4 Å². The molecule has 7 heteroatoms. The van der Waals surface area contributed by atoms with Crippen molar-refractivity contribution in [3.05, 3.63) is 33.8 Å². The highest BCUT2D eigenvalue weighted by Gasteiger charge is 2.42. The maximum atomic E-state index is 13.0. The zero-order chi connectivity index (χ0) is 20.3. The number of piperidine rings is 1. The lowest BCUT2D eigenvalue weighted by Crippen LogP contribution is -2.59. The Morgan fingerprint density at radius 3 is 2.25 bits per heavy atom. The van der Waals surface area contributed by atoms with Crippen molar-refractivity contribution in [1.82, 2.24) is 14.9 Å². The number of aryl methyl sites for hydroxylation is 2. The summed E-state index contributed by atoms with van der Waals surface area (Å²) in [5, 5.41) is 15.3. The molecule has 0 aliphatic carbocycles. The number of hydrogen-bond acceptors (Lipinski definition) is 5. The van der Waals surface area contributed by atoms with E-state index in [4.69, 9.17) is 16.3 Å². The number of carbonyl (C=O) groups excluding carboxylic acids is 1. The molecule has 1 aromatic carbocycles. The van der Waals surface area contributed by atoms with Gasteiger partial charge < -0.3 is 9.64 Å². The van der Waals surface area contributed by atoms with Crippen LogP contribution < -0.4 is 0 Å². The SMILES string of the molecule is Cc1cc(Cl)cc(C)c1CC(=O)N(C)C1(C#N)CCN(N2CCOCC2)CC1. The summed E-state index contributed by atoms with van der Waals surface area (Å²) >= 11 is 6.11. The Labute approximate surface area is 172 Å². The third kappa shape index (κ3) is 4.33. The van der Waals surface area contributed by atoms with Crippen LogP contribution in [-0.2, 0) is 16.0 Å². The van der Waals surface area contributed by atoms with Crippen LogP contribution in [0.1, 0.15) is 29.5 Å². The Morgan fingerprint density at radius 2 is 1.71 bits per heavy atom. The van der Waals surface area contributed by atoms with Gasteiger partial charge >= 0.3 is 0 Å². The van der Waals surface area contributed by atoms with Gasteiger partial charge in [0.05, 0.1) is 25.7 Å². The van der Waals surface area contributed by atoms with Crippen molar-refractivity contribution >= 4 is 17.5 Å². The number of benzene rings is 1. The van der Waals surface area contributed by atoms with Gasteiger partial charge in [-0.15, -0.1) is 0 Å². The quantitative estimate of drug-likeness (QED) is 0.771. The maximum absolute atomic E-state index is 13.0. The molecule has 6 nitrogen and oxygen atoms in total. The van der Waals surface area contributed by atoms with E-state index in [-0.39, 0.29) is 5.91 Å². The molecular formula is C21H29ClN4O2. The van der Waals surface area contributed by atoms with E-state index in [1.807, 2.05) is 26.0 Å². The summed E-state index contributed by atoms with van der Waals surface area (Å²) in [5.74, 6) is -0.0186. The summed E-state index contributed by atoms with van der Waals surface area (Å²) in [5.41, 5.74) is 2.29. The number of hydrogen-bond donors (Lipinski definition) is 0.